The second-order valence-corrected chi connectivity index (χ2v) is 9.57. The van der Waals surface area contributed by atoms with Crippen LogP contribution < -0.4 is 10.2 Å². The molecule has 2 aliphatic rings. The van der Waals surface area contributed by atoms with Gasteiger partial charge in [-0.1, -0.05) is 24.3 Å². The molecule has 2 aromatic carbocycles. The van der Waals surface area contributed by atoms with Crippen LogP contribution in [-0.4, -0.2) is 44.3 Å². The smallest absolute Gasteiger partial charge is 0.258 e. The number of hydrogen-bond donors (Lipinski definition) is 1. The second kappa shape index (κ2) is 7.39. The van der Waals surface area contributed by atoms with Crippen LogP contribution in [0, 0.1) is 0 Å². The molecule has 0 aromatic heterocycles. The third kappa shape index (κ3) is 3.80. The van der Waals surface area contributed by atoms with E-state index >= 15 is 0 Å². The first-order valence-corrected chi connectivity index (χ1v) is 11.3. The summed E-state index contributed by atoms with van der Waals surface area (Å²) in [7, 11) is -3.06. The van der Waals surface area contributed by atoms with Gasteiger partial charge in [-0.25, -0.2) is 8.42 Å². The maximum Gasteiger partial charge on any atom is 0.258 e. The predicted octanol–water partition coefficient (Wildman–Crippen LogP) is 2.20. The van der Waals surface area contributed by atoms with E-state index in [9.17, 15) is 18.0 Å². The lowest BCUT2D eigenvalue weighted by Crippen LogP contribution is -2.37. The molecule has 0 bridgehead atoms. The molecule has 0 radical (unpaired) electrons. The number of nitrogens with one attached hydrogen (secondary N) is 1. The van der Waals surface area contributed by atoms with E-state index in [2.05, 4.69) is 5.32 Å². The molecule has 28 heavy (non-hydrogen) atoms. The average molecular weight is 398 g/mol. The molecule has 2 heterocycles. The van der Waals surface area contributed by atoms with E-state index in [1.165, 1.54) is 0 Å². The molecule has 146 valence electrons. The Labute approximate surface area is 164 Å². The third-order valence-electron chi connectivity index (χ3n) is 5.29. The zero-order chi connectivity index (χ0) is 19.7. The van der Waals surface area contributed by atoms with Crippen molar-refractivity contribution in [3.05, 3.63) is 65.2 Å². The topological polar surface area (TPSA) is 83.5 Å². The standard InChI is InChI=1S/C21H22N2O4S/c24-20(22-18-10-12-28(26,27)14-18)16-6-3-7-17(13-16)21(25)23-11-4-8-15-5-1-2-9-19(15)23/h1-3,5-7,9,13,18H,4,8,10-12,14H2,(H,22,24). The number of benzene rings is 2. The highest BCUT2D eigenvalue weighted by Gasteiger charge is 2.29. The summed E-state index contributed by atoms with van der Waals surface area (Å²) >= 11 is 0. The summed E-state index contributed by atoms with van der Waals surface area (Å²) in [6, 6.07) is 14.1. The van der Waals surface area contributed by atoms with Crippen molar-refractivity contribution in [1.29, 1.82) is 0 Å². The highest BCUT2D eigenvalue weighted by Crippen LogP contribution is 2.28. The largest absolute Gasteiger partial charge is 0.348 e. The van der Waals surface area contributed by atoms with Gasteiger partial charge in [0.05, 0.1) is 11.5 Å². The molecule has 1 atom stereocenters. The van der Waals surface area contributed by atoms with Gasteiger partial charge in [-0.3, -0.25) is 9.59 Å². The van der Waals surface area contributed by atoms with Crippen molar-refractivity contribution in [2.45, 2.75) is 25.3 Å². The van der Waals surface area contributed by atoms with Crippen molar-refractivity contribution >= 4 is 27.3 Å². The Hall–Kier alpha value is -2.67. The van der Waals surface area contributed by atoms with Gasteiger partial charge in [0.2, 0.25) is 0 Å². The summed E-state index contributed by atoms with van der Waals surface area (Å²) in [5.74, 6) is -0.409. The Balaban J connectivity index is 1.53. The van der Waals surface area contributed by atoms with Gasteiger partial charge in [-0.15, -0.1) is 0 Å². The first-order chi connectivity index (χ1) is 13.4. The van der Waals surface area contributed by atoms with E-state index < -0.39 is 9.84 Å². The van der Waals surface area contributed by atoms with Gasteiger partial charge in [0.1, 0.15) is 0 Å². The number of rotatable bonds is 3. The molecule has 2 amide bonds. The number of carbonyl (C=O) groups is 2. The predicted molar refractivity (Wildman–Crippen MR) is 107 cm³/mol. The number of para-hydroxylation sites is 1. The lowest BCUT2D eigenvalue weighted by Gasteiger charge is -2.29. The van der Waals surface area contributed by atoms with Crippen LogP contribution in [0.25, 0.3) is 0 Å². The van der Waals surface area contributed by atoms with Crippen LogP contribution in [0.2, 0.25) is 0 Å². The molecule has 0 saturated carbocycles. The number of aryl methyl sites for hydroxylation is 1. The molecule has 4 rings (SSSR count). The Morgan fingerprint density at radius 3 is 2.61 bits per heavy atom. The molecule has 0 aliphatic carbocycles. The fraction of sp³-hybridized carbons (Fsp3) is 0.333. The number of amides is 2. The van der Waals surface area contributed by atoms with E-state index in [0.29, 0.717) is 24.1 Å². The van der Waals surface area contributed by atoms with Gasteiger partial charge in [0.25, 0.3) is 11.8 Å². The SMILES string of the molecule is O=C(NC1CCS(=O)(=O)C1)c1cccc(C(=O)N2CCCc3ccccc32)c1. The molecule has 1 fully saturated rings. The number of hydrogen-bond acceptors (Lipinski definition) is 4. The van der Waals surface area contributed by atoms with Crippen LogP contribution in [0.3, 0.4) is 0 Å². The van der Waals surface area contributed by atoms with Crippen molar-refractivity contribution in [3.8, 4) is 0 Å². The van der Waals surface area contributed by atoms with Gasteiger partial charge in [-0.2, -0.15) is 0 Å². The molecule has 7 heteroatoms. The van der Waals surface area contributed by atoms with E-state index in [0.717, 1.165) is 24.1 Å². The Morgan fingerprint density at radius 1 is 1.04 bits per heavy atom. The summed E-state index contributed by atoms with van der Waals surface area (Å²) < 4.78 is 23.2. The normalized spacial score (nSPS) is 20.4. The molecule has 2 aliphatic heterocycles. The molecule has 6 nitrogen and oxygen atoms in total. The molecule has 1 saturated heterocycles. The van der Waals surface area contributed by atoms with Gasteiger partial charge < -0.3 is 10.2 Å². The lowest BCUT2D eigenvalue weighted by molar-refractivity contribution is 0.0941. The van der Waals surface area contributed by atoms with Crippen molar-refractivity contribution in [1.82, 2.24) is 5.32 Å². The minimum Gasteiger partial charge on any atom is -0.348 e. The van der Waals surface area contributed by atoms with E-state index in [4.69, 9.17) is 0 Å². The monoisotopic (exact) mass is 398 g/mol. The quantitative estimate of drug-likeness (QED) is 0.859. The number of fused-ring (bicyclic) bond motifs is 1. The molecule has 2 aromatic rings. The minimum atomic E-state index is -3.06. The Bertz CT molecular complexity index is 1030. The third-order valence-corrected chi connectivity index (χ3v) is 7.06. The lowest BCUT2D eigenvalue weighted by atomic mass is 10.0. The van der Waals surface area contributed by atoms with Crippen LogP contribution in [0.5, 0.6) is 0 Å². The number of nitrogens with zero attached hydrogens (tertiary/aromatic N) is 1. The van der Waals surface area contributed by atoms with E-state index in [1.54, 1.807) is 29.2 Å². The molecular weight excluding hydrogens is 376 g/mol. The van der Waals surface area contributed by atoms with Crippen LogP contribution in [0.4, 0.5) is 5.69 Å². The maximum absolute atomic E-state index is 13.1. The zero-order valence-electron chi connectivity index (χ0n) is 15.4. The molecular formula is C21H22N2O4S. The van der Waals surface area contributed by atoms with Crippen LogP contribution in [0.15, 0.2) is 48.5 Å². The fourth-order valence-electron chi connectivity index (χ4n) is 3.87. The molecule has 1 unspecified atom stereocenters. The van der Waals surface area contributed by atoms with Crippen molar-refractivity contribution in [3.63, 3.8) is 0 Å². The molecule has 1 N–H and O–H groups in total. The Kier molecular flexibility index (Phi) is 4.93. The first kappa shape index (κ1) is 18.7. The van der Waals surface area contributed by atoms with Crippen molar-refractivity contribution in [2.24, 2.45) is 0 Å². The summed E-state index contributed by atoms with van der Waals surface area (Å²) in [4.78, 5) is 27.4. The summed E-state index contributed by atoms with van der Waals surface area (Å²) in [5.41, 5.74) is 2.88. The van der Waals surface area contributed by atoms with Crippen LogP contribution in [-0.2, 0) is 16.3 Å². The van der Waals surface area contributed by atoms with Crippen molar-refractivity contribution < 1.29 is 18.0 Å². The summed E-state index contributed by atoms with van der Waals surface area (Å²) in [5, 5.41) is 2.77. The van der Waals surface area contributed by atoms with Crippen LogP contribution in [0.1, 0.15) is 39.1 Å². The van der Waals surface area contributed by atoms with E-state index in [1.807, 2.05) is 24.3 Å². The van der Waals surface area contributed by atoms with Gasteiger partial charge in [0.15, 0.2) is 9.84 Å². The average Bonchev–Trinajstić information content (AvgIpc) is 3.05. The van der Waals surface area contributed by atoms with Crippen LogP contribution >= 0.6 is 0 Å². The van der Waals surface area contributed by atoms with Crippen molar-refractivity contribution in [2.75, 3.05) is 23.0 Å². The number of sulfone groups is 1. The molecule has 0 spiro atoms. The van der Waals surface area contributed by atoms with E-state index in [-0.39, 0.29) is 29.4 Å². The summed E-state index contributed by atoms with van der Waals surface area (Å²) in [6.07, 6.45) is 2.28. The highest BCUT2D eigenvalue weighted by molar-refractivity contribution is 7.91. The van der Waals surface area contributed by atoms with Gasteiger partial charge in [0, 0.05) is 29.4 Å². The fourth-order valence-corrected chi connectivity index (χ4v) is 5.54. The summed E-state index contributed by atoms with van der Waals surface area (Å²) in [6.45, 7) is 0.645. The maximum atomic E-state index is 13.1. The van der Waals surface area contributed by atoms with Gasteiger partial charge >= 0.3 is 0 Å². The Morgan fingerprint density at radius 2 is 1.82 bits per heavy atom. The number of carbonyl (C=O) groups excluding carboxylic acids is 2. The van der Waals surface area contributed by atoms with Gasteiger partial charge in [-0.05, 0) is 49.1 Å². The minimum absolute atomic E-state index is 0.0259. The zero-order valence-corrected chi connectivity index (χ0v) is 16.2. The first-order valence-electron chi connectivity index (χ1n) is 9.44. The second-order valence-electron chi connectivity index (χ2n) is 7.34. The number of anilines is 1. The highest BCUT2D eigenvalue weighted by atomic mass is 32.2.